The van der Waals surface area contributed by atoms with E-state index in [1.54, 1.807) is 18.1 Å². The first kappa shape index (κ1) is 122. The van der Waals surface area contributed by atoms with Crippen LogP contribution in [0.15, 0.2) is 94.4 Å². The molecule has 2 aromatic rings. The minimum Gasteiger partial charge on any atom is -0.744 e. The number of benzene rings is 2. The molecule has 768 valence electrons. The first-order valence-electron chi connectivity index (χ1n) is 47.1. The van der Waals surface area contributed by atoms with Gasteiger partial charge in [-0.2, -0.15) is 8.91 Å². The number of rotatable bonds is 95. The van der Waals surface area contributed by atoms with Crippen LogP contribution in [0.3, 0.4) is 0 Å². The number of anilines is 1. The highest BCUT2D eigenvalue weighted by molar-refractivity contribution is 7.94. The van der Waals surface area contributed by atoms with Crippen LogP contribution in [0.25, 0.3) is 0 Å². The normalized spacial score (nSPS) is 13.9. The van der Waals surface area contributed by atoms with Crippen LogP contribution in [0.4, 0.5) is 11.4 Å². The number of quaternary nitrogens is 1. The van der Waals surface area contributed by atoms with Crippen LogP contribution in [0.5, 0.6) is 0 Å². The van der Waals surface area contributed by atoms with E-state index in [2.05, 4.69) is 64.9 Å². The maximum Gasteiger partial charge on any atom is 0.303 e. The zero-order valence-corrected chi connectivity index (χ0v) is 82.5. The molecule has 0 spiro atoms. The zero-order valence-electron chi connectivity index (χ0n) is 80.9. The molecule has 0 atom stereocenters. The van der Waals surface area contributed by atoms with Gasteiger partial charge in [0.1, 0.15) is 16.7 Å². The number of unbranched alkanes of at least 4 members (excludes halogenated alkanes) is 4. The van der Waals surface area contributed by atoms with Crippen molar-refractivity contribution < 1.29 is 165 Å². The van der Waals surface area contributed by atoms with E-state index in [9.17, 15) is 27.8 Å². The van der Waals surface area contributed by atoms with Crippen molar-refractivity contribution in [3.8, 4) is 0 Å². The van der Waals surface area contributed by atoms with Crippen LogP contribution in [0, 0.1) is 0 Å². The maximum atomic E-state index is 12.7. The maximum absolute atomic E-state index is 12.7. The second-order valence-corrected chi connectivity index (χ2v) is 33.1. The number of carbonyl (C=O) groups is 2. The average Bonchev–Trinajstić information content (AvgIpc) is 1.59. The number of ether oxygens (including phenoxy) is 24. The average molecular weight is 1940 g/mol. The number of nitrogens with one attached hydrogen (secondary N) is 2. The van der Waals surface area contributed by atoms with Crippen molar-refractivity contribution in [1.29, 1.82) is 0 Å². The van der Waals surface area contributed by atoms with Gasteiger partial charge in [-0.3, -0.25) is 14.6 Å². The highest BCUT2D eigenvalue weighted by Gasteiger charge is 2.45. The van der Waals surface area contributed by atoms with E-state index in [0.717, 1.165) is 71.6 Å². The second kappa shape index (κ2) is 85.0. The van der Waals surface area contributed by atoms with Crippen LogP contribution < -0.4 is 20.4 Å². The molecule has 0 aliphatic carbocycles. The van der Waals surface area contributed by atoms with Gasteiger partial charge in [0.15, 0.2) is 5.71 Å². The molecule has 133 heavy (non-hydrogen) atoms. The van der Waals surface area contributed by atoms with Gasteiger partial charge in [0, 0.05) is 78.9 Å². The van der Waals surface area contributed by atoms with E-state index in [0.29, 0.717) is 354 Å². The molecule has 3 N–H and O–H groups in total. The Bertz CT molecular complexity index is 3410. The van der Waals surface area contributed by atoms with Gasteiger partial charge >= 0.3 is 5.97 Å². The largest absolute Gasteiger partial charge is 0.744 e. The van der Waals surface area contributed by atoms with Crippen LogP contribution in [0.2, 0.25) is 0 Å². The van der Waals surface area contributed by atoms with Crippen molar-refractivity contribution in [3.63, 3.8) is 0 Å². The first-order chi connectivity index (χ1) is 65.0. The van der Waals surface area contributed by atoms with Crippen molar-refractivity contribution in [2.45, 2.75) is 120 Å². The van der Waals surface area contributed by atoms with E-state index < -0.39 is 26.9 Å². The lowest BCUT2D eigenvalue weighted by Crippen LogP contribution is -3.11. The van der Waals surface area contributed by atoms with Crippen molar-refractivity contribution in [1.82, 2.24) is 5.32 Å². The number of nitrogens with zero attached hydrogens (tertiary/aromatic N) is 2. The molecule has 2 heterocycles. The first-order valence-corrected chi connectivity index (χ1v) is 49.2. The number of methoxy groups -OCH3 is 1. The van der Waals surface area contributed by atoms with Crippen molar-refractivity contribution in [2.24, 2.45) is 0 Å². The number of aliphatic carboxylic acids is 1. The number of hydrogen-bond acceptors (Lipinski definition) is 34. The molecule has 1 amide bonds. The Balaban J connectivity index is 0.00000624. The summed E-state index contributed by atoms with van der Waals surface area (Å²) in [6.07, 6.45) is 18.6. The molecule has 0 bridgehead atoms. The number of allylic oxidation sites excluding steroid dienone is 8. The van der Waals surface area contributed by atoms with Crippen molar-refractivity contribution in [3.05, 3.63) is 95.8 Å². The van der Waals surface area contributed by atoms with Crippen LogP contribution >= 0.6 is 12.0 Å². The van der Waals surface area contributed by atoms with Crippen molar-refractivity contribution in [2.75, 3.05) is 362 Å². The van der Waals surface area contributed by atoms with E-state index in [1.807, 2.05) is 68.5 Å². The molecule has 2 aliphatic heterocycles. The number of carboxylic acids is 1. The highest BCUT2D eigenvalue weighted by Crippen LogP contribution is 2.49. The molecule has 0 fully saturated rings. The van der Waals surface area contributed by atoms with Crippen molar-refractivity contribution >= 4 is 51.1 Å². The van der Waals surface area contributed by atoms with E-state index in [4.69, 9.17) is 119 Å². The summed E-state index contributed by atoms with van der Waals surface area (Å²) in [5.74, 6) is -0.872. The van der Waals surface area contributed by atoms with Gasteiger partial charge in [-0.15, -0.1) is 0 Å². The Labute approximate surface area is 796 Å². The number of fused-ring (bicyclic) bond motifs is 2. The smallest absolute Gasteiger partial charge is 0.303 e. The molecule has 0 saturated heterocycles. The second-order valence-electron chi connectivity index (χ2n) is 30.9. The molecule has 2 aliphatic rings. The van der Waals surface area contributed by atoms with Gasteiger partial charge in [0.25, 0.3) is 0 Å². The standard InChI is InChI=1S/C88H147N3O33S2.C6H15N/c1-87(2)79-75-77(125-124-123-95)21-23-81(79)90(27-16-10-14-20-86(93)94)83(87)17-11-7-6-8-12-18-84-88(3,4)80-76-78(126(96,97)98)22-24-82(80)91(84)26-15-9-13-19-85(92)89-25-28-100-31-32-102-35-36-104-39-40-106-43-44-108-47-48-110-51-52-112-55-56-114-59-60-116-63-64-118-67-68-120-71-72-122-74-73-121-70-69-119-66-65-117-62-61-115-58-57-113-54-53-111-50-49-109-46-45-107-42-41-105-38-37-103-34-33-101-30-29-99-5;1-4-7(5-2)6-3/h6-8,11-12,17-18,21-24,75-76H,9-10,13-16,19-20,25-74H2,1-5H3,(H3-,89,92,93,94,95,96,97,98);4-6H2,1-3H3. The van der Waals surface area contributed by atoms with Crippen LogP contribution in [0.1, 0.15) is 111 Å². The van der Waals surface area contributed by atoms with E-state index in [1.165, 1.54) is 31.8 Å². The number of carbonyl (C=O) groups excluding carboxylic acids is 1. The van der Waals surface area contributed by atoms with Crippen LogP contribution in [-0.4, -0.2) is 397 Å². The Hall–Kier alpha value is -5.05. The summed E-state index contributed by atoms with van der Waals surface area (Å²) in [6, 6.07) is 10.4. The summed E-state index contributed by atoms with van der Waals surface area (Å²) in [6.45, 7) is 42.5. The van der Waals surface area contributed by atoms with Gasteiger partial charge in [0.2, 0.25) is 11.6 Å². The fourth-order valence-corrected chi connectivity index (χ4v) is 14.1. The summed E-state index contributed by atoms with van der Waals surface area (Å²) >= 11 is 0.838. The zero-order chi connectivity index (χ0) is 96.1. The summed E-state index contributed by atoms with van der Waals surface area (Å²) in [5.41, 5.74) is 4.56. The lowest BCUT2D eigenvalue weighted by Gasteiger charge is -2.27. The van der Waals surface area contributed by atoms with Gasteiger partial charge in [-0.25, -0.2) is 8.42 Å². The Morgan fingerprint density at radius 1 is 0.429 bits per heavy atom. The third-order valence-electron chi connectivity index (χ3n) is 20.4. The Morgan fingerprint density at radius 2 is 0.774 bits per heavy atom. The quantitative estimate of drug-likeness (QED) is 0.0116. The molecule has 0 aromatic heterocycles. The fraction of sp³-hybridized carbons (Fsp3) is 0.755. The molecule has 37 nitrogen and oxygen atoms in total. The predicted molar refractivity (Wildman–Crippen MR) is 498 cm³/mol. The van der Waals surface area contributed by atoms with Gasteiger partial charge in [-0.05, 0) is 102 Å². The lowest BCUT2D eigenvalue weighted by molar-refractivity contribution is -0.894. The SMILES string of the molecule is CC[NH+](CC)CC.COCCOCCOCCOCCOCCOCCOCCOCCOCCOCCOCCOCCOCCOCCOCCOCCOCCOCCOCCOCCOCCOCCOCCOCCNC(=O)CCCCCN1C(=CC=CC=CC=CC2=[N+](CCCCCC(=O)O)c3ccc(SOO[O-])cc3C2(C)C)C(C)(C)c2cc(S(=O)(=O)[O-])ccc21. The van der Waals surface area contributed by atoms with E-state index >= 15 is 0 Å². The lowest BCUT2D eigenvalue weighted by atomic mass is 9.81. The van der Waals surface area contributed by atoms with Crippen LogP contribution in [-0.2, 0) is 154 Å². The molecule has 4 rings (SSSR count). The molecular formula is C94H162N4O33S2. The summed E-state index contributed by atoms with van der Waals surface area (Å²) in [5, 5.41) is 26.2. The van der Waals surface area contributed by atoms with Gasteiger partial charge in [-0.1, -0.05) is 50.6 Å². The third-order valence-corrected chi connectivity index (χ3v) is 21.8. The molecule has 0 unspecified atom stereocenters. The van der Waals surface area contributed by atoms with E-state index in [-0.39, 0.29) is 17.2 Å². The minimum absolute atomic E-state index is 0.0639. The number of amides is 1. The summed E-state index contributed by atoms with van der Waals surface area (Å²) in [4.78, 5) is 28.1. The van der Waals surface area contributed by atoms with Gasteiger partial charge in [0.05, 0.1) is 353 Å². The molecule has 39 heteroatoms. The summed E-state index contributed by atoms with van der Waals surface area (Å²) in [7, 11) is -3.05. The Morgan fingerprint density at radius 3 is 1.12 bits per heavy atom. The molecule has 0 saturated carbocycles. The number of carboxylic acid groups (broad SMARTS) is 1. The Kier molecular flexibility index (Phi) is 78.0. The predicted octanol–water partition coefficient (Wildman–Crippen LogP) is 6.83. The summed E-state index contributed by atoms with van der Waals surface area (Å²) < 4.78 is 175. The molecule has 0 radical (unpaired) electrons. The fourth-order valence-electron chi connectivity index (χ4n) is 13.2. The topological polar surface area (TPSA) is 397 Å². The molecular weight excluding hydrogens is 1780 g/mol. The highest BCUT2D eigenvalue weighted by atomic mass is 32.2. The van der Waals surface area contributed by atoms with Gasteiger partial charge < -0.3 is 144 Å². The minimum atomic E-state index is -4.69. The third kappa shape index (κ3) is 63.3. The number of hydrogen-bond donors (Lipinski definition) is 3. The monoisotopic (exact) mass is 1940 g/mol. The molecule has 2 aromatic carbocycles.